The third-order valence-electron chi connectivity index (χ3n) is 3.41. The Morgan fingerprint density at radius 3 is 2.40 bits per heavy atom. The number of hydrogen-bond donors (Lipinski definition) is 0. The van der Waals surface area contributed by atoms with Crippen LogP contribution in [0.3, 0.4) is 0 Å². The van der Waals surface area contributed by atoms with E-state index < -0.39 is 0 Å². The van der Waals surface area contributed by atoms with E-state index >= 15 is 0 Å². The predicted molar refractivity (Wildman–Crippen MR) is 84.1 cm³/mol. The highest BCUT2D eigenvalue weighted by atomic mass is 35.5. The number of carbonyl (C=O) groups is 1. The van der Waals surface area contributed by atoms with Crippen LogP contribution in [0.25, 0.3) is 0 Å². The molecule has 0 heterocycles. The maximum absolute atomic E-state index is 11.0. The molecule has 20 heavy (non-hydrogen) atoms. The summed E-state index contributed by atoms with van der Waals surface area (Å²) in [4.78, 5) is 11.0. The number of hydrogen-bond acceptors (Lipinski definition) is 2. The second-order valence-electron chi connectivity index (χ2n) is 5.61. The molecule has 3 heteroatoms. The fraction of sp³-hybridized carbons (Fsp3) is 0.588. The van der Waals surface area contributed by atoms with Crippen molar-refractivity contribution in [3.63, 3.8) is 0 Å². The van der Waals surface area contributed by atoms with Crippen molar-refractivity contribution >= 4 is 17.6 Å². The van der Waals surface area contributed by atoms with Gasteiger partial charge in [-0.15, -0.1) is 11.6 Å². The third kappa shape index (κ3) is 6.42. The van der Waals surface area contributed by atoms with Crippen LogP contribution in [0.2, 0.25) is 0 Å². The predicted octanol–water partition coefficient (Wildman–Crippen LogP) is 4.90. The molecule has 0 aliphatic rings. The molecule has 0 aliphatic heterocycles. The second kappa shape index (κ2) is 9.02. The van der Waals surface area contributed by atoms with Crippen molar-refractivity contribution in [1.82, 2.24) is 0 Å². The quantitative estimate of drug-likeness (QED) is 0.504. The molecular weight excluding hydrogens is 272 g/mol. The summed E-state index contributed by atoms with van der Waals surface area (Å²) in [6, 6.07) is 8.42. The zero-order valence-corrected chi connectivity index (χ0v) is 13.5. The minimum Gasteiger partial charge on any atom is -0.469 e. The van der Waals surface area contributed by atoms with Gasteiger partial charge in [0.2, 0.25) is 0 Å². The summed E-state index contributed by atoms with van der Waals surface area (Å²) in [7, 11) is 1.43. The van der Waals surface area contributed by atoms with Crippen LogP contribution >= 0.6 is 11.6 Å². The summed E-state index contributed by atoms with van der Waals surface area (Å²) in [5, 5.41) is 0.0986. The highest BCUT2D eigenvalue weighted by Gasteiger charge is 2.09. The first-order chi connectivity index (χ1) is 9.52. The Hall–Kier alpha value is -1.02. The zero-order chi connectivity index (χ0) is 15.0. The average molecular weight is 297 g/mol. The van der Waals surface area contributed by atoms with Crippen LogP contribution in [-0.4, -0.2) is 13.1 Å². The highest BCUT2D eigenvalue weighted by Crippen LogP contribution is 2.27. The molecule has 0 bridgehead atoms. The lowest BCUT2D eigenvalue weighted by molar-refractivity contribution is -0.140. The van der Waals surface area contributed by atoms with Gasteiger partial charge in [-0.05, 0) is 42.7 Å². The Balaban J connectivity index is 2.41. The van der Waals surface area contributed by atoms with Crippen LogP contribution in [-0.2, 0) is 16.0 Å². The van der Waals surface area contributed by atoms with Crippen LogP contribution in [0.1, 0.15) is 56.0 Å². The van der Waals surface area contributed by atoms with Gasteiger partial charge in [0.05, 0.1) is 12.5 Å². The minimum absolute atomic E-state index is 0.0986. The van der Waals surface area contributed by atoms with Crippen molar-refractivity contribution in [2.75, 3.05) is 7.11 Å². The van der Waals surface area contributed by atoms with E-state index in [1.165, 1.54) is 18.2 Å². The number of alkyl halides is 1. The van der Waals surface area contributed by atoms with Crippen molar-refractivity contribution < 1.29 is 9.53 Å². The summed E-state index contributed by atoms with van der Waals surface area (Å²) >= 11 is 6.41. The fourth-order valence-corrected chi connectivity index (χ4v) is 2.35. The maximum Gasteiger partial charge on any atom is 0.305 e. The van der Waals surface area contributed by atoms with Gasteiger partial charge in [0.1, 0.15) is 0 Å². The SMILES string of the molecule is COC(=O)CCCc1ccc(C(Cl)CCC(C)C)cc1. The third-order valence-corrected chi connectivity index (χ3v) is 3.88. The molecule has 0 saturated carbocycles. The Bertz CT molecular complexity index is 398. The summed E-state index contributed by atoms with van der Waals surface area (Å²) < 4.78 is 4.63. The first-order valence-corrected chi connectivity index (χ1v) is 7.76. The van der Waals surface area contributed by atoms with Gasteiger partial charge in [-0.25, -0.2) is 0 Å². The first-order valence-electron chi connectivity index (χ1n) is 7.32. The van der Waals surface area contributed by atoms with Gasteiger partial charge in [-0.1, -0.05) is 38.1 Å². The number of esters is 1. The lowest BCUT2D eigenvalue weighted by Gasteiger charge is -2.12. The van der Waals surface area contributed by atoms with Gasteiger partial charge in [-0.2, -0.15) is 0 Å². The summed E-state index contributed by atoms with van der Waals surface area (Å²) in [5.74, 6) is 0.546. The minimum atomic E-state index is -0.142. The monoisotopic (exact) mass is 296 g/mol. The molecule has 0 spiro atoms. The number of carbonyl (C=O) groups excluding carboxylic acids is 1. The van der Waals surface area contributed by atoms with Crippen molar-refractivity contribution in [2.24, 2.45) is 5.92 Å². The Labute approximate surface area is 127 Å². The molecule has 2 nitrogen and oxygen atoms in total. The number of rotatable bonds is 8. The molecule has 0 amide bonds. The lowest BCUT2D eigenvalue weighted by atomic mass is 10.00. The summed E-state index contributed by atoms with van der Waals surface area (Å²) in [5.41, 5.74) is 2.43. The maximum atomic E-state index is 11.0. The van der Waals surface area contributed by atoms with E-state index in [0.29, 0.717) is 12.3 Å². The molecular formula is C17H25ClO2. The molecule has 0 saturated heterocycles. The molecule has 1 rings (SSSR count). The Kier molecular flexibility index (Phi) is 7.68. The second-order valence-corrected chi connectivity index (χ2v) is 6.14. The van der Waals surface area contributed by atoms with Gasteiger partial charge in [0, 0.05) is 6.42 Å². The van der Waals surface area contributed by atoms with Gasteiger partial charge in [-0.3, -0.25) is 4.79 Å². The van der Waals surface area contributed by atoms with E-state index in [-0.39, 0.29) is 11.3 Å². The van der Waals surface area contributed by atoms with E-state index in [4.69, 9.17) is 11.6 Å². The number of methoxy groups -OCH3 is 1. The van der Waals surface area contributed by atoms with Gasteiger partial charge in [0.25, 0.3) is 0 Å². The average Bonchev–Trinajstić information content (AvgIpc) is 2.45. The lowest BCUT2D eigenvalue weighted by Crippen LogP contribution is -2.00. The molecule has 1 aromatic rings. The molecule has 1 aromatic carbocycles. The van der Waals surface area contributed by atoms with E-state index in [1.54, 1.807) is 0 Å². The molecule has 0 radical (unpaired) electrons. The highest BCUT2D eigenvalue weighted by molar-refractivity contribution is 6.20. The smallest absolute Gasteiger partial charge is 0.305 e. The molecule has 1 atom stereocenters. The summed E-state index contributed by atoms with van der Waals surface area (Å²) in [6.07, 6.45) is 4.36. The van der Waals surface area contributed by atoms with Crippen LogP contribution < -0.4 is 0 Å². The van der Waals surface area contributed by atoms with E-state index in [9.17, 15) is 4.79 Å². The van der Waals surface area contributed by atoms with Crippen LogP contribution in [0.5, 0.6) is 0 Å². The van der Waals surface area contributed by atoms with Crippen LogP contribution in [0, 0.1) is 5.92 Å². The number of halogens is 1. The van der Waals surface area contributed by atoms with Gasteiger partial charge >= 0.3 is 5.97 Å². The van der Waals surface area contributed by atoms with Crippen molar-refractivity contribution in [3.05, 3.63) is 35.4 Å². The standard InChI is InChI=1S/C17H25ClO2/c1-13(2)7-12-16(18)15-10-8-14(9-11-15)5-4-6-17(19)20-3/h8-11,13,16H,4-7,12H2,1-3H3. The molecule has 112 valence electrons. The molecule has 0 aromatic heterocycles. The Morgan fingerprint density at radius 2 is 1.85 bits per heavy atom. The molecule has 1 unspecified atom stereocenters. The number of benzene rings is 1. The molecule has 0 N–H and O–H groups in total. The number of aryl methyl sites for hydroxylation is 1. The number of ether oxygens (including phenoxy) is 1. The zero-order valence-electron chi connectivity index (χ0n) is 12.7. The molecule has 0 fully saturated rings. The van der Waals surface area contributed by atoms with Crippen molar-refractivity contribution in [2.45, 2.75) is 51.3 Å². The van der Waals surface area contributed by atoms with Crippen LogP contribution in [0.15, 0.2) is 24.3 Å². The topological polar surface area (TPSA) is 26.3 Å². The molecule has 0 aliphatic carbocycles. The normalized spacial score (nSPS) is 12.4. The van der Waals surface area contributed by atoms with Crippen molar-refractivity contribution in [3.8, 4) is 0 Å². The van der Waals surface area contributed by atoms with Crippen LogP contribution in [0.4, 0.5) is 0 Å². The first kappa shape index (κ1) is 17.0. The van der Waals surface area contributed by atoms with Gasteiger partial charge in [0.15, 0.2) is 0 Å². The van der Waals surface area contributed by atoms with E-state index in [0.717, 1.165) is 25.7 Å². The van der Waals surface area contributed by atoms with Gasteiger partial charge < -0.3 is 4.74 Å². The van der Waals surface area contributed by atoms with Crippen molar-refractivity contribution in [1.29, 1.82) is 0 Å². The van der Waals surface area contributed by atoms with E-state index in [2.05, 4.69) is 42.8 Å². The Morgan fingerprint density at radius 1 is 1.20 bits per heavy atom. The van der Waals surface area contributed by atoms with E-state index in [1.807, 2.05) is 0 Å². The largest absolute Gasteiger partial charge is 0.469 e. The summed E-state index contributed by atoms with van der Waals surface area (Å²) in [6.45, 7) is 4.43. The fourth-order valence-electron chi connectivity index (χ4n) is 2.08.